The van der Waals surface area contributed by atoms with Gasteiger partial charge in [-0.15, -0.1) is 0 Å². The number of sulfonamides is 1. The van der Waals surface area contributed by atoms with Gasteiger partial charge in [0.15, 0.2) is 0 Å². The molecular weight excluding hydrogens is 545 g/mol. The van der Waals surface area contributed by atoms with Crippen molar-refractivity contribution in [3.8, 4) is 0 Å². The molecular formula is C28H43F3N4O4S. The van der Waals surface area contributed by atoms with E-state index in [2.05, 4.69) is 17.3 Å². The van der Waals surface area contributed by atoms with Crippen LogP contribution in [0.1, 0.15) is 83.7 Å². The van der Waals surface area contributed by atoms with Gasteiger partial charge < -0.3 is 10.4 Å². The first kappa shape index (κ1) is 33.6. The molecule has 0 saturated carbocycles. The van der Waals surface area contributed by atoms with E-state index in [0.29, 0.717) is 25.2 Å². The molecule has 1 aromatic heterocycles. The van der Waals surface area contributed by atoms with Gasteiger partial charge in [-0.25, -0.2) is 8.42 Å². The zero-order valence-corrected chi connectivity index (χ0v) is 24.3. The summed E-state index contributed by atoms with van der Waals surface area (Å²) < 4.78 is 65.2. The number of hydrogen-bond donors (Lipinski definition) is 2. The van der Waals surface area contributed by atoms with Crippen LogP contribution in [-0.4, -0.2) is 53.2 Å². The lowest BCUT2D eigenvalue weighted by atomic mass is 9.99. The van der Waals surface area contributed by atoms with Crippen LogP contribution < -0.4 is 5.32 Å². The van der Waals surface area contributed by atoms with Crippen LogP contribution in [0.25, 0.3) is 0 Å². The standard InChI is InChI=1S/C16H28F3N3.C12H15NO4S/c1-3-5-6-7-8-9-10-11-12-20-15-13-14(16(17,18)19)22(4-2)21-15;14-12(15)10-6-8-13(9-7-10)18(16,17)11-4-2-1-3-5-11/h13H,3-12H2,1-2H3,(H,20,21);1-5,10H,6-9H2,(H,14,15). The van der Waals surface area contributed by atoms with Gasteiger partial charge in [0, 0.05) is 32.2 Å². The lowest BCUT2D eigenvalue weighted by molar-refractivity contribution is -0.144. The minimum absolute atomic E-state index is 0.217. The van der Waals surface area contributed by atoms with Crippen LogP contribution in [0.15, 0.2) is 41.3 Å². The average Bonchev–Trinajstić information content (AvgIpc) is 3.37. The fourth-order valence-electron chi connectivity index (χ4n) is 4.53. The molecule has 0 spiro atoms. The molecule has 1 aliphatic heterocycles. The molecule has 2 aromatic rings. The molecule has 0 bridgehead atoms. The number of halogens is 3. The Morgan fingerprint density at radius 2 is 1.57 bits per heavy atom. The second kappa shape index (κ2) is 16.6. The Morgan fingerprint density at radius 1 is 1.00 bits per heavy atom. The van der Waals surface area contributed by atoms with E-state index < -0.39 is 33.8 Å². The summed E-state index contributed by atoms with van der Waals surface area (Å²) in [7, 11) is -3.47. The Kier molecular flexibility index (Phi) is 14.0. The van der Waals surface area contributed by atoms with E-state index in [1.165, 1.54) is 42.8 Å². The molecule has 1 aliphatic rings. The lowest BCUT2D eigenvalue weighted by Gasteiger charge is -2.29. The molecule has 3 rings (SSSR count). The molecule has 12 heteroatoms. The normalized spacial score (nSPS) is 14.9. The van der Waals surface area contributed by atoms with Crippen molar-refractivity contribution in [1.82, 2.24) is 14.1 Å². The van der Waals surface area contributed by atoms with E-state index in [1.54, 1.807) is 37.3 Å². The van der Waals surface area contributed by atoms with Gasteiger partial charge in [0.25, 0.3) is 0 Å². The van der Waals surface area contributed by atoms with Crippen molar-refractivity contribution in [3.63, 3.8) is 0 Å². The van der Waals surface area contributed by atoms with Crippen molar-refractivity contribution in [2.75, 3.05) is 25.0 Å². The predicted octanol–water partition coefficient (Wildman–Crippen LogP) is 6.65. The summed E-state index contributed by atoms with van der Waals surface area (Å²) in [5.41, 5.74) is -0.687. The van der Waals surface area contributed by atoms with Crippen molar-refractivity contribution < 1.29 is 31.5 Å². The van der Waals surface area contributed by atoms with Gasteiger partial charge in [0.2, 0.25) is 10.0 Å². The van der Waals surface area contributed by atoms with Crippen molar-refractivity contribution in [1.29, 1.82) is 0 Å². The molecule has 0 amide bonds. The third-order valence-corrected chi connectivity index (χ3v) is 8.80. The molecule has 0 radical (unpaired) electrons. The maximum absolute atomic E-state index is 12.8. The van der Waals surface area contributed by atoms with Crippen molar-refractivity contribution in [2.24, 2.45) is 5.92 Å². The average molecular weight is 589 g/mol. The molecule has 8 nitrogen and oxygen atoms in total. The molecule has 0 atom stereocenters. The number of nitrogens with zero attached hydrogens (tertiary/aromatic N) is 3. The topological polar surface area (TPSA) is 105 Å². The highest BCUT2D eigenvalue weighted by Crippen LogP contribution is 2.31. The summed E-state index contributed by atoms with van der Waals surface area (Å²) in [6.45, 7) is 5.30. The van der Waals surface area contributed by atoms with Gasteiger partial charge in [0.05, 0.1) is 10.8 Å². The first-order valence-electron chi connectivity index (χ1n) is 14.2. The zero-order valence-electron chi connectivity index (χ0n) is 23.5. The number of aromatic nitrogens is 2. The number of piperidine rings is 1. The largest absolute Gasteiger partial charge is 0.481 e. The minimum atomic E-state index is -4.35. The van der Waals surface area contributed by atoms with Crippen LogP contribution in [0.5, 0.6) is 0 Å². The van der Waals surface area contributed by atoms with E-state index >= 15 is 0 Å². The zero-order chi connectivity index (χ0) is 29.6. The number of carbonyl (C=O) groups is 1. The number of benzene rings is 1. The smallest absolute Gasteiger partial charge is 0.433 e. The van der Waals surface area contributed by atoms with Gasteiger partial charge in [-0.05, 0) is 38.3 Å². The van der Waals surface area contributed by atoms with Crippen LogP contribution in [0.4, 0.5) is 19.0 Å². The predicted molar refractivity (Wildman–Crippen MR) is 150 cm³/mol. The highest BCUT2D eigenvalue weighted by Gasteiger charge is 2.35. The van der Waals surface area contributed by atoms with Gasteiger partial charge >= 0.3 is 12.1 Å². The summed E-state index contributed by atoms with van der Waals surface area (Å²) in [4.78, 5) is 11.1. The van der Waals surface area contributed by atoms with Crippen LogP contribution in [0.2, 0.25) is 0 Å². The Morgan fingerprint density at radius 3 is 2.08 bits per heavy atom. The highest BCUT2D eigenvalue weighted by atomic mass is 32.2. The number of alkyl halides is 3. The number of hydrogen-bond acceptors (Lipinski definition) is 5. The first-order valence-corrected chi connectivity index (χ1v) is 15.6. The molecule has 1 aromatic carbocycles. The van der Waals surface area contributed by atoms with E-state index in [9.17, 15) is 26.4 Å². The summed E-state index contributed by atoms with van der Waals surface area (Å²) in [5.74, 6) is -0.948. The number of nitrogens with one attached hydrogen (secondary N) is 1. The first-order chi connectivity index (χ1) is 19.0. The molecule has 1 fully saturated rings. The monoisotopic (exact) mass is 588 g/mol. The van der Waals surface area contributed by atoms with E-state index in [4.69, 9.17) is 5.11 Å². The fraction of sp³-hybridized carbons (Fsp3) is 0.643. The molecule has 40 heavy (non-hydrogen) atoms. The van der Waals surface area contributed by atoms with Crippen LogP contribution >= 0.6 is 0 Å². The summed E-state index contributed by atoms with van der Waals surface area (Å²) in [6.07, 6.45) is 6.10. The Labute approximate surface area is 236 Å². The van der Waals surface area contributed by atoms with E-state index in [-0.39, 0.29) is 24.5 Å². The molecule has 226 valence electrons. The maximum atomic E-state index is 12.8. The van der Waals surface area contributed by atoms with Crippen LogP contribution in [0.3, 0.4) is 0 Å². The van der Waals surface area contributed by atoms with E-state index in [0.717, 1.165) is 23.6 Å². The third kappa shape index (κ3) is 10.8. The summed E-state index contributed by atoms with van der Waals surface area (Å²) in [6, 6.07) is 9.31. The Bertz CT molecular complexity index is 1120. The molecule has 0 unspecified atom stereocenters. The Hall–Kier alpha value is -2.60. The van der Waals surface area contributed by atoms with Gasteiger partial charge in [-0.2, -0.15) is 22.6 Å². The molecule has 2 heterocycles. The minimum Gasteiger partial charge on any atom is -0.481 e. The molecule has 0 aliphatic carbocycles. The lowest BCUT2D eigenvalue weighted by Crippen LogP contribution is -2.40. The SMILES string of the molecule is CCCCCCCCCCNc1cc(C(F)(F)F)n(CC)n1.O=C(O)C1CCN(S(=O)(=O)c2ccccc2)CC1. The molecule has 2 N–H and O–H groups in total. The second-order valence-electron chi connectivity index (χ2n) is 9.96. The van der Waals surface area contributed by atoms with E-state index in [1.807, 2.05) is 0 Å². The quantitative estimate of drug-likeness (QED) is 0.240. The van der Waals surface area contributed by atoms with Crippen LogP contribution in [-0.2, 0) is 27.5 Å². The summed E-state index contributed by atoms with van der Waals surface area (Å²) in [5, 5.41) is 15.8. The van der Waals surface area contributed by atoms with Gasteiger partial charge in [-0.3, -0.25) is 9.48 Å². The third-order valence-electron chi connectivity index (χ3n) is 6.89. The highest BCUT2D eigenvalue weighted by molar-refractivity contribution is 7.89. The Balaban J connectivity index is 0.000000285. The fourth-order valence-corrected chi connectivity index (χ4v) is 6.02. The van der Waals surface area contributed by atoms with Crippen molar-refractivity contribution >= 4 is 21.8 Å². The van der Waals surface area contributed by atoms with Crippen LogP contribution in [0, 0.1) is 5.92 Å². The number of unbranched alkanes of at least 4 members (excludes halogenated alkanes) is 7. The number of anilines is 1. The number of aliphatic carboxylic acids is 1. The van der Waals surface area contributed by atoms with Gasteiger partial charge in [-0.1, -0.05) is 70.1 Å². The van der Waals surface area contributed by atoms with Crippen molar-refractivity contribution in [2.45, 2.75) is 95.7 Å². The molecule has 1 saturated heterocycles. The van der Waals surface area contributed by atoms with Crippen molar-refractivity contribution in [3.05, 3.63) is 42.1 Å². The second-order valence-corrected chi connectivity index (χ2v) is 11.9. The van der Waals surface area contributed by atoms with Gasteiger partial charge in [0.1, 0.15) is 11.5 Å². The number of rotatable bonds is 14. The maximum Gasteiger partial charge on any atom is 0.433 e. The summed E-state index contributed by atoms with van der Waals surface area (Å²) >= 11 is 0. The number of carboxylic acids is 1. The number of carboxylic acid groups (broad SMARTS) is 1. The number of aryl methyl sites for hydroxylation is 1.